The zero-order valence-corrected chi connectivity index (χ0v) is 13.2. The van der Waals surface area contributed by atoms with Gasteiger partial charge in [-0.25, -0.2) is 14.8 Å². The van der Waals surface area contributed by atoms with E-state index in [1.54, 1.807) is 0 Å². The topological polar surface area (TPSA) is 64.1 Å². The van der Waals surface area contributed by atoms with Crippen molar-refractivity contribution in [2.45, 2.75) is 27.2 Å². The van der Waals surface area contributed by atoms with Crippen molar-refractivity contribution in [3.63, 3.8) is 0 Å². The van der Waals surface area contributed by atoms with Gasteiger partial charge in [-0.3, -0.25) is 0 Å². The first kappa shape index (κ1) is 15.0. The second-order valence-corrected chi connectivity index (χ2v) is 5.60. The Balaban J connectivity index is 2.46. The molecule has 0 saturated heterocycles. The zero-order valence-electron chi connectivity index (χ0n) is 11.6. The van der Waals surface area contributed by atoms with Gasteiger partial charge in [-0.2, -0.15) is 0 Å². The summed E-state index contributed by atoms with van der Waals surface area (Å²) in [7, 11) is 0. The molecule has 108 valence electrons. The lowest BCUT2D eigenvalue weighted by atomic mass is 10.2. The van der Waals surface area contributed by atoms with Gasteiger partial charge in [0.1, 0.15) is 14.9 Å². The molecule has 0 radical (unpaired) electrons. The second-order valence-electron chi connectivity index (χ2n) is 4.24. The molecule has 5 nitrogen and oxygen atoms in total. The van der Waals surface area contributed by atoms with Crippen molar-refractivity contribution in [1.29, 1.82) is 0 Å². The highest BCUT2D eigenvalue weighted by atomic mass is 35.5. The molecule has 0 aliphatic carbocycles. The van der Waals surface area contributed by atoms with Gasteiger partial charge in [-0.1, -0.05) is 18.5 Å². The molecule has 0 spiro atoms. The number of halogens is 1. The van der Waals surface area contributed by atoms with Gasteiger partial charge < -0.3 is 10.1 Å². The molecule has 1 N–H and O–H groups in total. The normalized spacial score (nSPS) is 10.8. The largest absolute Gasteiger partial charge is 0.462 e. The molecule has 20 heavy (non-hydrogen) atoms. The molecule has 2 rings (SSSR count). The van der Waals surface area contributed by atoms with Crippen LogP contribution in [-0.2, 0) is 4.74 Å². The number of thiophene rings is 1. The highest BCUT2D eigenvalue weighted by Gasteiger charge is 2.20. The minimum Gasteiger partial charge on any atom is -0.462 e. The Hall–Kier alpha value is -1.40. The Labute approximate surface area is 126 Å². The number of esters is 1. The summed E-state index contributed by atoms with van der Waals surface area (Å²) in [6.07, 6.45) is 0.792. The Morgan fingerprint density at radius 3 is 2.80 bits per heavy atom. The van der Waals surface area contributed by atoms with E-state index in [9.17, 15) is 4.79 Å². The molecule has 0 aliphatic rings. The molecule has 2 aromatic heterocycles. The third kappa shape index (κ3) is 2.86. The zero-order chi connectivity index (χ0) is 14.7. The van der Waals surface area contributed by atoms with Crippen LogP contribution >= 0.6 is 22.9 Å². The van der Waals surface area contributed by atoms with E-state index in [1.165, 1.54) is 11.3 Å². The molecule has 0 aliphatic heterocycles. The van der Waals surface area contributed by atoms with Crippen LogP contribution in [0, 0.1) is 6.92 Å². The number of aryl methyl sites for hydroxylation is 1. The fourth-order valence-electron chi connectivity index (χ4n) is 1.78. The summed E-state index contributed by atoms with van der Waals surface area (Å²) < 4.78 is 5.17. The quantitative estimate of drug-likeness (QED) is 0.674. The van der Waals surface area contributed by atoms with Crippen molar-refractivity contribution in [2.24, 2.45) is 0 Å². The lowest BCUT2D eigenvalue weighted by Gasteiger charge is -2.02. The first-order valence-electron chi connectivity index (χ1n) is 6.46. The van der Waals surface area contributed by atoms with Crippen LogP contribution in [0.25, 0.3) is 10.2 Å². The predicted molar refractivity (Wildman–Crippen MR) is 81.9 cm³/mol. The third-order valence-corrected chi connectivity index (χ3v) is 4.14. The van der Waals surface area contributed by atoms with Crippen LogP contribution in [0.2, 0.25) is 5.15 Å². The molecular weight excluding hydrogens is 298 g/mol. The number of aromatic nitrogens is 2. The monoisotopic (exact) mass is 313 g/mol. The van der Waals surface area contributed by atoms with E-state index in [2.05, 4.69) is 15.3 Å². The molecule has 0 aromatic carbocycles. The van der Waals surface area contributed by atoms with Crippen molar-refractivity contribution in [2.75, 3.05) is 18.5 Å². The van der Waals surface area contributed by atoms with Gasteiger partial charge >= 0.3 is 5.97 Å². The average molecular weight is 314 g/mol. The fourth-order valence-corrected chi connectivity index (χ4v) is 3.22. The molecule has 0 bridgehead atoms. The van der Waals surface area contributed by atoms with Gasteiger partial charge in [0.15, 0.2) is 0 Å². The van der Waals surface area contributed by atoms with Crippen LogP contribution in [0.5, 0.6) is 0 Å². The summed E-state index contributed by atoms with van der Waals surface area (Å²) in [6.45, 7) is 6.86. The molecule has 0 atom stereocenters. The van der Waals surface area contributed by atoms with Crippen molar-refractivity contribution in [3.8, 4) is 0 Å². The lowest BCUT2D eigenvalue weighted by molar-refractivity contribution is 0.0510. The smallest absolute Gasteiger partial charge is 0.348 e. The Morgan fingerprint density at radius 2 is 2.15 bits per heavy atom. The van der Waals surface area contributed by atoms with Crippen LogP contribution in [0.15, 0.2) is 0 Å². The summed E-state index contributed by atoms with van der Waals surface area (Å²) in [5, 5.41) is 4.10. The van der Waals surface area contributed by atoms with E-state index >= 15 is 0 Å². The SMILES string of the molecule is CCCOC(=O)c1sc2nc(NCC)nc(Cl)c2c1C. The summed E-state index contributed by atoms with van der Waals surface area (Å²) >= 11 is 7.48. The summed E-state index contributed by atoms with van der Waals surface area (Å²) in [4.78, 5) is 21.8. The maximum absolute atomic E-state index is 12.0. The number of hydrogen-bond acceptors (Lipinski definition) is 6. The van der Waals surface area contributed by atoms with Gasteiger partial charge in [0, 0.05) is 6.54 Å². The molecule has 0 fully saturated rings. The molecule has 2 heterocycles. The fraction of sp³-hybridized carbons (Fsp3) is 0.462. The number of nitrogens with one attached hydrogen (secondary N) is 1. The minimum atomic E-state index is -0.326. The number of carbonyl (C=O) groups excluding carboxylic acids is 1. The summed E-state index contributed by atoms with van der Waals surface area (Å²) in [5.74, 6) is 0.146. The van der Waals surface area contributed by atoms with Crippen LogP contribution in [0.1, 0.15) is 35.5 Å². The first-order chi connectivity index (χ1) is 9.58. The molecule has 0 unspecified atom stereocenters. The maximum atomic E-state index is 12.0. The van der Waals surface area contributed by atoms with E-state index in [0.29, 0.717) is 34.0 Å². The van der Waals surface area contributed by atoms with E-state index in [0.717, 1.165) is 17.4 Å². The van der Waals surface area contributed by atoms with Crippen molar-refractivity contribution in [1.82, 2.24) is 9.97 Å². The molecule has 0 amide bonds. The number of nitrogens with zero attached hydrogens (tertiary/aromatic N) is 2. The number of carbonyl (C=O) groups is 1. The number of ether oxygens (including phenoxy) is 1. The van der Waals surface area contributed by atoms with Crippen molar-refractivity contribution in [3.05, 3.63) is 15.6 Å². The van der Waals surface area contributed by atoms with Crippen LogP contribution < -0.4 is 5.32 Å². The molecule has 0 saturated carbocycles. The summed E-state index contributed by atoms with van der Waals surface area (Å²) in [6, 6.07) is 0. The Morgan fingerprint density at radius 1 is 1.40 bits per heavy atom. The van der Waals surface area contributed by atoms with Crippen LogP contribution in [0.3, 0.4) is 0 Å². The van der Waals surface area contributed by atoms with Crippen LogP contribution in [0.4, 0.5) is 5.95 Å². The molecular formula is C13H16ClN3O2S. The Bertz CT molecular complexity index is 642. The van der Waals surface area contributed by atoms with Crippen molar-refractivity contribution >= 4 is 45.1 Å². The minimum absolute atomic E-state index is 0.326. The van der Waals surface area contributed by atoms with Gasteiger partial charge in [0.2, 0.25) is 5.95 Å². The van der Waals surface area contributed by atoms with Crippen LogP contribution in [-0.4, -0.2) is 29.1 Å². The molecule has 2 aromatic rings. The first-order valence-corrected chi connectivity index (χ1v) is 7.65. The summed E-state index contributed by atoms with van der Waals surface area (Å²) in [5.41, 5.74) is 0.777. The second kappa shape index (κ2) is 6.37. The predicted octanol–water partition coefficient (Wildman–Crippen LogP) is 3.65. The number of fused-ring (bicyclic) bond motifs is 1. The Kier molecular flexibility index (Phi) is 4.77. The van der Waals surface area contributed by atoms with E-state index in [4.69, 9.17) is 16.3 Å². The van der Waals surface area contributed by atoms with Gasteiger partial charge in [-0.15, -0.1) is 11.3 Å². The van der Waals surface area contributed by atoms with E-state index in [-0.39, 0.29) is 5.97 Å². The maximum Gasteiger partial charge on any atom is 0.348 e. The average Bonchev–Trinajstić information content (AvgIpc) is 2.74. The number of rotatable bonds is 5. The van der Waals surface area contributed by atoms with Gasteiger partial charge in [0.25, 0.3) is 0 Å². The van der Waals surface area contributed by atoms with E-state index in [1.807, 2.05) is 20.8 Å². The highest BCUT2D eigenvalue weighted by molar-refractivity contribution is 7.20. The van der Waals surface area contributed by atoms with E-state index < -0.39 is 0 Å². The number of anilines is 1. The van der Waals surface area contributed by atoms with Gasteiger partial charge in [0.05, 0.1) is 12.0 Å². The molecule has 7 heteroatoms. The van der Waals surface area contributed by atoms with Crippen molar-refractivity contribution < 1.29 is 9.53 Å². The highest BCUT2D eigenvalue weighted by Crippen LogP contribution is 2.34. The number of hydrogen-bond donors (Lipinski definition) is 1. The lowest BCUT2D eigenvalue weighted by Crippen LogP contribution is -2.05. The van der Waals surface area contributed by atoms with Gasteiger partial charge in [-0.05, 0) is 25.8 Å². The third-order valence-electron chi connectivity index (χ3n) is 2.70. The standard InChI is InChI=1S/C13H16ClN3O2S/c1-4-6-19-12(18)9-7(3)8-10(14)16-13(15-5-2)17-11(8)20-9/h4-6H2,1-3H3,(H,15,16,17).